The zero-order valence-corrected chi connectivity index (χ0v) is 8.65. The summed E-state index contributed by atoms with van der Waals surface area (Å²) in [6.45, 7) is 6.49. The summed E-state index contributed by atoms with van der Waals surface area (Å²) in [5.41, 5.74) is 2.56. The minimum absolute atomic E-state index is 0.567. The maximum atomic E-state index is 6.07. The number of aryl methyl sites for hydroxylation is 1. The molecule has 0 heterocycles. The smallest absolute Gasteiger partial charge is 0.0440 e. The molecule has 1 unspecified atom stereocenters. The molecule has 0 saturated heterocycles. The van der Waals surface area contributed by atoms with Gasteiger partial charge < -0.3 is 0 Å². The van der Waals surface area contributed by atoms with Crippen LogP contribution < -0.4 is 0 Å². The first kappa shape index (κ1) is 9.60. The Morgan fingerprint density at radius 3 is 2.67 bits per heavy atom. The molecule has 1 atom stereocenters. The Hall–Kier alpha value is -0.490. The molecule has 0 N–H and O–H groups in total. The highest BCUT2D eigenvalue weighted by Gasteiger charge is 2.06. The maximum Gasteiger partial charge on any atom is 0.0440 e. The van der Waals surface area contributed by atoms with Crippen molar-refractivity contribution in [3.63, 3.8) is 0 Å². The van der Waals surface area contributed by atoms with Crippen LogP contribution in [0.15, 0.2) is 18.2 Å². The lowest BCUT2D eigenvalue weighted by Gasteiger charge is -2.11. The van der Waals surface area contributed by atoms with Gasteiger partial charge in [-0.15, -0.1) is 0 Å². The van der Waals surface area contributed by atoms with Gasteiger partial charge in [0, 0.05) is 5.02 Å². The minimum Gasteiger partial charge on any atom is -0.0840 e. The van der Waals surface area contributed by atoms with Crippen molar-refractivity contribution in [3.8, 4) is 0 Å². The molecule has 0 saturated carbocycles. The molecule has 66 valence electrons. The molecule has 12 heavy (non-hydrogen) atoms. The van der Waals surface area contributed by atoms with E-state index in [0.717, 1.165) is 11.4 Å². The van der Waals surface area contributed by atoms with Gasteiger partial charge in [-0.05, 0) is 30.9 Å². The highest BCUT2D eigenvalue weighted by molar-refractivity contribution is 6.31. The monoisotopic (exact) mass is 182 g/mol. The van der Waals surface area contributed by atoms with Crippen LogP contribution in [0.2, 0.25) is 5.02 Å². The van der Waals surface area contributed by atoms with Gasteiger partial charge in [-0.1, -0.05) is 43.1 Å². The van der Waals surface area contributed by atoms with Gasteiger partial charge >= 0.3 is 0 Å². The van der Waals surface area contributed by atoms with Crippen LogP contribution in [-0.2, 0) is 0 Å². The second-order valence-electron chi connectivity index (χ2n) is 3.33. The van der Waals surface area contributed by atoms with Crippen molar-refractivity contribution in [2.45, 2.75) is 33.1 Å². The topological polar surface area (TPSA) is 0 Å². The van der Waals surface area contributed by atoms with Crippen LogP contribution in [0.5, 0.6) is 0 Å². The molecule has 0 aliphatic carbocycles. The third-order valence-electron chi connectivity index (χ3n) is 2.29. The highest BCUT2D eigenvalue weighted by Crippen LogP contribution is 2.27. The summed E-state index contributed by atoms with van der Waals surface area (Å²) in [5.74, 6) is 0.567. The average Bonchev–Trinajstić information content (AvgIpc) is 2.08. The summed E-state index contributed by atoms with van der Waals surface area (Å²) in [5, 5.41) is 0.898. The summed E-state index contributed by atoms with van der Waals surface area (Å²) in [6, 6.07) is 6.21. The van der Waals surface area contributed by atoms with Crippen LogP contribution in [-0.4, -0.2) is 0 Å². The van der Waals surface area contributed by atoms with Gasteiger partial charge in [-0.2, -0.15) is 0 Å². The molecule has 0 aromatic heterocycles. The Morgan fingerprint density at radius 1 is 1.42 bits per heavy atom. The van der Waals surface area contributed by atoms with E-state index in [1.54, 1.807) is 0 Å². The van der Waals surface area contributed by atoms with E-state index in [0.29, 0.717) is 5.92 Å². The van der Waals surface area contributed by atoms with Crippen molar-refractivity contribution in [1.29, 1.82) is 0 Å². The molecule has 1 heteroatoms. The van der Waals surface area contributed by atoms with Gasteiger partial charge in [0.05, 0.1) is 0 Å². The predicted molar refractivity (Wildman–Crippen MR) is 54.9 cm³/mol. The second-order valence-corrected chi connectivity index (χ2v) is 3.74. The third-order valence-corrected chi connectivity index (χ3v) is 2.64. The summed E-state index contributed by atoms with van der Waals surface area (Å²) in [6.07, 6.45) is 1.14. The molecule has 0 nitrogen and oxygen atoms in total. The van der Waals surface area contributed by atoms with E-state index >= 15 is 0 Å². The lowest BCUT2D eigenvalue weighted by molar-refractivity contribution is 0.733. The van der Waals surface area contributed by atoms with Gasteiger partial charge in [0.2, 0.25) is 0 Å². The Morgan fingerprint density at radius 2 is 2.08 bits per heavy atom. The molecule has 0 aliphatic heterocycles. The molecule has 1 aromatic carbocycles. The lowest BCUT2D eigenvalue weighted by atomic mass is 9.97. The van der Waals surface area contributed by atoms with Crippen molar-refractivity contribution < 1.29 is 0 Å². The number of hydrogen-bond donors (Lipinski definition) is 0. The normalized spacial score (nSPS) is 13.0. The number of halogens is 1. The first-order valence-electron chi connectivity index (χ1n) is 4.41. The van der Waals surface area contributed by atoms with Crippen molar-refractivity contribution in [3.05, 3.63) is 34.3 Å². The molecule has 0 amide bonds. The zero-order valence-electron chi connectivity index (χ0n) is 7.89. The molecular formula is C11H15Cl. The van der Waals surface area contributed by atoms with E-state index in [9.17, 15) is 0 Å². The fourth-order valence-electron chi connectivity index (χ4n) is 1.26. The van der Waals surface area contributed by atoms with E-state index in [1.807, 2.05) is 12.1 Å². The summed E-state index contributed by atoms with van der Waals surface area (Å²) in [7, 11) is 0. The molecule has 1 aromatic rings. The van der Waals surface area contributed by atoms with E-state index in [-0.39, 0.29) is 0 Å². The van der Waals surface area contributed by atoms with E-state index < -0.39 is 0 Å². The molecular weight excluding hydrogens is 168 g/mol. The quantitative estimate of drug-likeness (QED) is 0.644. The Bertz CT molecular complexity index is 266. The molecule has 0 fully saturated rings. The van der Waals surface area contributed by atoms with Crippen molar-refractivity contribution in [2.24, 2.45) is 0 Å². The fraction of sp³-hybridized carbons (Fsp3) is 0.455. The van der Waals surface area contributed by atoms with Crippen LogP contribution >= 0.6 is 11.6 Å². The van der Waals surface area contributed by atoms with E-state index in [2.05, 4.69) is 26.8 Å². The first-order valence-corrected chi connectivity index (χ1v) is 4.79. The lowest BCUT2D eigenvalue weighted by Crippen LogP contribution is -1.92. The van der Waals surface area contributed by atoms with Gasteiger partial charge in [0.1, 0.15) is 0 Å². The SMILES string of the molecule is CCC(C)c1cc(C)ccc1Cl. The Balaban J connectivity index is 3.04. The number of benzene rings is 1. The van der Waals surface area contributed by atoms with Crippen LogP contribution in [0.4, 0.5) is 0 Å². The van der Waals surface area contributed by atoms with Gasteiger partial charge in [-0.3, -0.25) is 0 Å². The highest BCUT2D eigenvalue weighted by atomic mass is 35.5. The van der Waals surface area contributed by atoms with Crippen LogP contribution in [0.1, 0.15) is 37.3 Å². The second kappa shape index (κ2) is 3.95. The van der Waals surface area contributed by atoms with Gasteiger partial charge in [0.15, 0.2) is 0 Å². The fourth-order valence-corrected chi connectivity index (χ4v) is 1.56. The number of hydrogen-bond acceptors (Lipinski definition) is 0. The van der Waals surface area contributed by atoms with Crippen LogP contribution in [0.25, 0.3) is 0 Å². The van der Waals surface area contributed by atoms with Crippen molar-refractivity contribution in [2.75, 3.05) is 0 Å². The van der Waals surface area contributed by atoms with Crippen molar-refractivity contribution in [1.82, 2.24) is 0 Å². The minimum atomic E-state index is 0.567. The zero-order chi connectivity index (χ0) is 9.14. The Kier molecular flexibility index (Phi) is 3.16. The first-order chi connectivity index (χ1) is 5.65. The number of rotatable bonds is 2. The summed E-state index contributed by atoms with van der Waals surface area (Å²) < 4.78 is 0. The van der Waals surface area contributed by atoms with Crippen LogP contribution in [0, 0.1) is 6.92 Å². The summed E-state index contributed by atoms with van der Waals surface area (Å²) >= 11 is 6.07. The predicted octanol–water partition coefficient (Wildman–Crippen LogP) is 4.16. The molecule has 0 aliphatic rings. The molecule has 0 radical (unpaired) electrons. The molecule has 0 spiro atoms. The average molecular weight is 183 g/mol. The van der Waals surface area contributed by atoms with Gasteiger partial charge in [0.25, 0.3) is 0 Å². The summed E-state index contributed by atoms with van der Waals surface area (Å²) in [4.78, 5) is 0. The van der Waals surface area contributed by atoms with E-state index in [1.165, 1.54) is 11.1 Å². The molecule has 0 bridgehead atoms. The molecule has 1 rings (SSSR count). The van der Waals surface area contributed by atoms with Crippen LogP contribution in [0.3, 0.4) is 0 Å². The largest absolute Gasteiger partial charge is 0.0840 e. The Labute approximate surface area is 79.6 Å². The van der Waals surface area contributed by atoms with Gasteiger partial charge in [-0.25, -0.2) is 0 Å². The third kappa shape index (κ3) is 2.01. The standard InChI is InChI=1S/C11H15Cl/c1-4-9(3)10-7-8(2)5-6-11(10)12/h5-7,9H,4H2,1-3H3. The van der Waals surface area contributed by atoms with Crippen molar-refractivity contribution >= 4 is 11.6 Å². The maximum absolute atomic E-state index is 6.07. The van der Waals surface area contributed by atoms with E-state index in [4.69, 9.17) is 11.6 Å².